The van der Waals surface area contributed by atoms with Crippen molar-refractivity contribution >= 4 is 5.91 Å². The number of rotatable bonds is 5. The molecule has 1 rings (SSSR count). The Morgan fingerprint density at radius 1 is 1.47 bits per heavy atom. The van der Waals surface area contributed by atoms with Crippen LogP contribution in [-0.2, 0) is 4.79 Å². The second kappa shape index (κ2) is 6.36. The molecule has 0 saturated carbocycles. The van der Waals surface area contributed by atoms with Gasteiger partial charge in [0, 0.05) is 18.6 Å². The van der Waals surface area contributed by atoms with Crippen LogP contribution in [0.25, 0.3) is 0 Å². The minimum absolute atomic E-state index is 0.234. The predicted molar refractivity (Wildman–Crippen MR) is 70.7 cm³/mol. The van der Waals surface area contributed by atoms with Gasteiger partial charge in [0.2, 0.25) is 5.91 Å². The topological polar surface area (TPSA) is 58.4 Å². The molecule has 0 bridgehead atoms. The molecule has 1 amide bonds. The molecule has 1 aliphatic rings. The summed E-state index contributed by atoms with van der Waals surface area (Å²) in [7, 11) is 0. The van der Waals surface area contributed by atoms with Gasteiger partial charge in [-0.25, -0.2) is 0 Å². The van der Waals surface area contributed by atoms with Gasteiger partial charge in [-0.05, 0) is 32.2 Å². The van der Waals surface area contributed by atoms with Crippen molar-refractivity contribution in [3.8, 4) is 0 Å². The minimum atomic E-state index is -0.246. The Morgan fingerprint density at radius 2 is 2.12 bits per heavy atom. The second-order valence-electron chi connectivity index (χ2n) is 5.63. The van der Waals surface area contributed by atoms with Gasteiger partial charge in [0.25, 0.3) is 0 Å². The quantitative estimate of drug-likeness (QED) is 0.754. The molecule has 4 heteroatoms. The van der Waals surface area contributed by atoms with Crippen LogP contribution >= 0.6 is 0 Å². The van der Waals surface area contributed by atoms with Gasteiger partial charge in [0.1, 0.15) is 0 Å². The summed E-state index contributed by atoms with van der Waals surface area (Å²) >= 11 is 0. The Kier molecular flexibility index (Phi) is 5.40. The van der Waals surface area contributed by atoms with Gasteiger partial charge >= 0.3 is 0 Å². The molecule has 1 fully saturated rings. The molecular weight excluding hydrogens is 214 g/mol. The molecule has 1 heterocycles. The third-order valence-electron chi connectivity index (χ3n) is 3.80. The summed E-state index contributed by atoms with van der Waals surface area (Å²) in [5.41, 5.74) is 5.45. The highest BCUT2D eigenvalue weighted by Crippen LogP contribution is 2.22. The molecule has 0 spiro atoms. The molecule has 0 aromatic rings. The molecule has 4 nitrogen and oxygen atoms in total. The normalized spacial score (nSPS) is 28.3. The van der Waals surface area contributed by atoms with Gasteiger partial charge in [0.15, 0.2) is 0 Å². The fourth-order valence-electron chi connectivity index (χ4n) is 2.54. The van der Waals surface area contributed by atoms with Gasteiger partial charge in [-0.2, -0.15) is 0 Å². The first-order valence-electron chi connectivity index (χ1n) is 6.71. The highest BCUT2D eigenvalue weighted by Gasteiger charge is 2.28. The molecule has 100 valence electrons. The highest BCUT2D eigenvalue weighted by atomic mass is 16.1. The largest absolute Gasteiger partial charge is 0.368 e. The van der Waals surface area contributed by atoms with Crippen LogP contribution in [0.3, 0.4) is 0 Å². The molecule has 3 unspecified atom stereocenters. The summed E-state index contributed by atoms with van der Waals surface area (Å²) in [6.45, 7) is 10.4. The summed E-state index contributed by atoms with van der Waals surface area (Å²) in [6, 6.07) is 0.590. The SMILES string of the molecule is CC(C)NC(CN1CCCC(C)C1C)C(N)=O. The van der Waals surface area contributed by atoms with E-state index in [-0.39, 0.29) is 18.0 Å². The van der Waals surface area contributed by atoms with Gasteiger partial charge < -0.3 is 11.1 Å². The minimum Gasteiger partial charge on any atom is -0.368 e. The molecule has 1 aliphatic heterocycles. The number of hydrogen-bond donors (Lipinski definition) is 2. The summed E-state index contributed by atoms with van der Waals surface area (Å²) in [5.74, 6) is 0.459. The number of carbonyl (C=O) groups excluding carboxylic acids is 1. The van der Waals surface area contributed by atoms with E-state index in [4.69, 9.17) is 5.73 Å². The average molecular weight is 241 g/mol. The van der Waals surface area contributed by atoms with Crippen molar-refractivity contribution in [1.29, 1.82) is 0 Å². The van der Waals surface area contributed by atoms with E-state index < -0.39 is 0 Å². The van der Waals surface area contributed by atoms with E-state index in [9.17, 15) is 4.79 Å². The number of nitrogens with two attached hydrogens (primary N) is 1. The zero-order valence-corrected chi connectivity index (χ0v) is 11.6. The van der Waals surface area contributed by atoms with E-state index in [1.807, 2.05) is 13.8 Å². The molecule has 0 aromatic heterocycles. The van der Waals surface area contributed by atoms with E-state index in [1.165, 1.54) is 12.8 Å². The Morgan fingerprint density at radius 3 is 2.65 bits per heavy atom. The fourth-order valence-corrected chi connectivity index (χ4v) is 2.54. The number of amides is 1. The lowest BCUT2D eigenvalue weighted by atomic mass is 9.91. The van der Waals surface area contributed by atoms with Gasteiger partial charge in [0.05, 0.1) is 6.04 Å². The number of likely N-dealkylation sites (tertiary alicyclic amines) is 1. The van der Waals surface area contributed by atoms with Crippen LogP contribution in [0.2, 0.25) is 0 Å². The van der Waals surface area contributed by atoms with Crippen molar-refractivity contribution in [2.24, 2.45) is 11.7 Å². The van der Waals surface area contributed by atoms with Crippen LogP contribution in [-0.4, -0.2) is 42.0 Å². The van der Waals surface area contributed by atoms with Crippen LogP contribution in [0.4, 0.5) is 0 Å². The first kappa shape index (κ1) is 14.5. The molecule has 0 radical (unpaired) electrons. The zero-order valence-electron chi connectivity index (χ0n) is 11.6. The van der Waals surface area contributed by atoms with E-state index in [1.54, 1.807) is 0 Å². The average Bonchev–Trinajstić information content (AvgIpc) is 2.22. The third kappa shape index (κ3) is 4.28. The Labute approximate surface area is 105 Å². The fraction of sp³-hybridized carbons (Fsp3) is 0.923. The van der Waals surface area contributed by atoms with Crippen molar-refractivity contribution in [2.75, 3.05) is 13.1 Å². The van der Waals surface area contributed by atoms with Crippen molar-refractivity contribution in [3.63, 3.8) is 0 Å². The lowest BCUT2D eigenvalue weighted by molar-refractivity contribution is -0.121. The Hall–Kier alpha value is -0.610. The van der Waals surface area contributed by atoms with Crippen LogP contribution in [0.1, 0.15) is 40.5 Å². The zero-order chi connectivity index (χ0) is 13.0. The summed E-state index contributed by atoms with van der Waals surface area (Å²) < 4.78 is 0. The monoisotopic (exact) mass is 241 g/mol. The van der Waals surface area contributed by atoms with E-state index >= 15 is 0 Å². The number of primary amides is 1. The molecule has 17 heavy (non-hydrogen) atoms. The van der Waals surface area contributed by atoms with Crippen LogP contribution in [0.15, 0.2) is 0 Å². The maximum atomic E-state index is 11.4. The maximum Gasteiger partial charge on any atom is 0.235 e. The van der Waals surface area contributed by atoms with Crippen molar-refractivity contribution in [2.45, 2.75) is 58.7 Å². The van der Waals surface area contributed by atoms with Crippen molar-refractivity contribution in [1.82, 2.24) is 10.2 Å². The van der Waals surface area contributed by atoms with E-state index in [0.717, 1.165) is 13.1 Å². The van der Waals surface area contributed by atoms with E-state index in [0.29, 0.717) is 12.0 Å². The van der Waals surface area contributed by atoms with E-state index in [2.05, 4.69) is 24.1 Å². The van der Waals surface area contributed by atoms with Crippen molar-refractivity contribution < 1.29 is 4.79 Å². The lowest BCUT2D eigenvalue weighted by Gasteiger charge is -2.39. The van der Waals surface area contributed by atoms with Gasteiger partial charge in [-0.15, -0.1) is 0 Å². The number of nitrogens with one attached hydrogen (secondary N) is 1. The first-order valence-corrected chi connectivity index (χ1v) is 6.71. The number of piperidine rings is 1. The molecule has 0 aliphatic carbocycles. The molecule has 3 atom stereocenters. The van der Waals surface area contributed by atoms with Crippen molar-refractivity contribution in [3.05, 3.63) is 0 Å². The molecule has 3 N–H and O–H groups in total. The number of hydrogen-bond acceptors (Lipinski definition) is 3. The summed E-state index contributed by atoms with van der Waals surface area (Å²) in [5, 5.41) is 3.25. The molecule has 0 aromatic carbocycles. The lowest BCUT2D eigenvalue weighted by Crippen LogP contribution is -2.55. The van der Waals surface area contributed by atoms with Gasteiger partial charge in [-0.1, -0.05) is 20.8 Å². The van der Waals surface area contributed by atoms with Crippen LogP contribution < -0.4 is 11.1 Å². The standard InChI is InChI=1S/C13H27N3O/c1-9(2)15-12(13(14)17)8-16-7-5-6-10(3)11(16)4/h9-12,15H,5-8H2,1-4H3,(H2,14,17). The number of carbonyl (C=O) groups is 1. The number of nitrogens with zero attached hydrogens (tertiary/aromatic N) is 1. The summed E-state index contributed by atoms with van der Waals surface area (Å²) in [4.78, 5) is 13.8. The van der Waals surface area contributed by atoms with Crippen LogP contribution in [0.5, 0.6) is 0 Å². The Balaban J connectivity index is 2.56. The smallest absolute Gasteiger partial charge is 0.235 e. The molecular formula is C13H27N3O. The second-order valence-corrected chi connectivity index (χ2v) is 5.63. The summed E-state index contributed by atoms with van der Waals surface area (Å²) in [6.07, 6.45) is 2.51. The highest BCUT2D eigenvalue weighted by molar-refractivity contribution is 5.80. The predicted octanol–water partition coefficient (Wildman–Crippen LogP) is 0.959. The maximum absolute atomic E-state index is 11.4. The van der Waals surface area contributed by atoms with Gasteiger partial charge in [-0.3, -0.25) is 9.69 Å². The molecule has 1 saturated heterocycles. The third-order valence-corrected chi connectivity index (χ3v) is 3.80. The first-order chi connectivity index (χ1) is 7.91. The Bertz CT molecular complexity index is 255. The van der Waals surface area contributed by atoms with Crippen LogP contribution in [0, 0.1) is 5.92 Å².